The minimum Gasteiger partial charge on any atom is -0.328 e. The molecular formula is C13H9ClF3N3O. The van der Waals surface area contributed by atoms with E-state index in [0.717, 1.165) is 0 Å². The van der Waals surface area contributed by atoms with Gasteiger partial charge in [-0.3, -0.25) is 4.79 Å². The van der Waals surface area contributed by atoms with Gasteiger partial charge in [0.1, 0.15) is 10.6 Å². The molecule has 0 bridgehead atoms. The van der Waals surface area contributed by atoms with Crippen LogP contribution in [0.2, 0.25) is 5.15 Å². The van der Waals surface area contributed by atoms with E-state index in [4.69, 9.17) is 11.6 Å². The first-order valence-corrected chi connectivity index (χ1v) is 6.16. The number of aromatic nitrogens is 2. The van der Waals surface area contributed by atoms with E-state index >= 15 is 0 Å². The maximum absolute atomic E-state index is 12.3. The second-order valence-electron chi connectivity index (χ2n) is 4.09. The highest BCUT2D eigenvalue weighted by atomic mass is 35.5. The average Bonchev–Trinajstić information content (AvgIpc) is 2.42. The lowest BCUT2D eigenvalue weighted by atomic mass is 10.3. The summed E-state index contributed by atoms with van der Waals surface area (Å²) in [7, 11) is 0. The summed E-state index contributed by atoms with van der Waals surface area (Å²) >= 11 is 5.66. The Labute approximate surface area is 122 Å². The van der Waals surface area contributed by atoms with Gasteiger partial charge in [0.05, 0.1) is 6.54 Å². The van der Waals surface area contributed by atoms with Gasteiger partial charge >= 0.3 is 12.1 Å². The molecule has 0 saturated heterocycles. The number of pyridine rings is 2. The van der Waals surface area contributed by atoms with Gasteiger partial charge in [-0.1, -0.05) is 23.7 Å². The van der Waals surface area contributed by atoms with E-state index < -0.39 is 12.1 Å². The van der Waals surface area contributed by atoms with Crippen molar-refractivity contribution < 1.29 is 18.0 Å². The quantitative estimate of drug-likeness (QED) is 0.800. The molecule has 0 fully saturated rings. The Morgan fingerprint density at radius 1 is 1.29 bits per heavy atom. The van der Waals surface area contributed by atoms with E-state index in [1.54, 1.807) is 18.2 Å². The van der Waals surface area contributed by atoms with Crippen LogP contribution < -0.4 is 5.49 Å². The summed E-state index contributed by atoms with van der Waals surface area (Å²) in [4.78, 5) is 17.9. The molecule has 21 heavy (non-hydrogen) atoms. The van der Waals surface area contributed by atoms with E-state index in [0.29, 0.717) is 10.7 Å². The van der Waals surface area contributed by atoms with Crippen molar-refractivity contribution in [3.05, 3.63) is 58.9 Å². The van der Waals surface area contributed by atoms with Crippen molar-refractivity contribution in [2.75, 3.05) is 0 Å². The number of nitrogens with zero attached hydrogens (tertiary/aromatic N) is 3. The average molecular weight is 316 g/mol. The van der Waals surface area contributed by atoms with Crippen LogP contribution in [0.5, 0.6) is 0 Å². The van der Waals surface area contributed by atoms with Crippen LogP contribution in [0.1, 0.15) is 5.56 Å². The van der Waals surface area contributed by atoms with Gasteiger partial charge in [-0.25, -0.2) is 4.98 Å². The predicted molar refractivity (Wildman–Crippen MR) is 69.4 cm³/mol. The molecule has 0 aliphatic heterocycles. The van der Waals surface area contributed by atoms with Crippen LogP contribution in [0.4, 0.5) is 13.2 Å². The molecule has 8 heteroatoms. The lowest BCUT2D eigenvalue weighted by Gasteiger charge is -2.07. The first-order valence-electron chi connectivity index (χ1n) is 5.78. The monoisotopic (exact) mass is 315 g/mol. The molecule has 2 aromatic heterocycles. The van der Waals surface area contributed by atoms with Crippen LogP contribution in [-0.2, 0) is 11.3 Å². The predicted octanol–water partition coefficient (Wildman–Crippen LogP) is 2.57. The fourth-order valence-corrected chi connectivity index (χ4v) is 1.68. The van der Waals surface area contributed by atoms with Crippen LogP contribution in [0.15, 0.2) is 47.7 Å². The molecule has 1 amide bonds. The third kappa shape index (κ3) is 4.16. The van der Waals surface area contributed by atoms with Crippen LogP contribution in [0.25, 0.3) is 0 Å². The van der Waals surface area contributed by atoms with Gasteiger partial charge in [-0.05, 0) is 23.8 Å². The SMILES string of the molecule is O=C(/N=c1/ccccn1Cc1ccc(Cl)nc1)C(F)(F)F. The van der Waals surface area contributed by atoms with Crippen LogP contribution >= 0.6 is 11.6 Å². The zero-order valence-corrected chi connectivity index (χ0v) is 11.3. The number of amides is 1. The third-order valence-corrected chi connectivity index (χ3v) is 2.74. The van der Waals surface area contributed by atoms with Gasteiger partial charge in [0, 0.05) is 12.4 Å². The Morgan fingerprint density at radius 2 is 2.05 bits per heavy atom. The number of hydrogen-bond donors (Lipinski definition) is 0. The second kappa shape index (κ2) is 6.09. The number of hydrogen-bond acceptors (Lipinski definition) is 2. The molecule has 0 aliphatic carbocycles. The van der Waals surface area contributed by atoms with Crippen molar-refractivity contribution in [3.63, 3.8) is 0 Å². The molecule has 0 N–H and O–H groups in total. The van der Waals surface area contributed by atoms with Gasteiger partial charge in [-0.15, -0.1) is 0 Å². The Balaban J connectivity index is 2.35. The number of rotatable bonds is 2. The highest BCUT2D eigenvalue weighted by Gasteiger charge is 2.38. The van der Waals surface area contributed by atoms with Gasteiger partial charge in [0.25, 0.3) is 0 Å². The van der Waals surface area contributed by atoms with Crippen molar-refractivity contribution in [2.24, 2.45) is 4.99 Å². The van der Waals surface area contributed by atoms with Crippen molar-refractivity contribution in [2.45, 2.75) is 12.7 Å². The number of carbonyl (C=O) groups excluding carboxylic acids is 1. The minimum atomic E-state index is -4.99. The second-order valence-corrected chi connectivity index (χ2v) is 4.48. The highest BCUT2D eigenvalue weighted by molar-refractivity contribution is 6.29. The zero-order chi connectivity index (χ0) is 15.5. The largest absolute Gasteiger partial charge is 0.473 e. The van der Waals surface area contributed by atoms with Crippen molar-refractivity contribution in [1.29, 1.82) is 0 Å². The standard InChI is InChI=1S/C13H9ClF3N3O/c14-10-5-4-9(7-18-10)8-20-6-2-1-3-11(20)19-12(21)13(15,16)17/h1-7H,8H2/b19-11-. The zero-order valence-electron chi connectivity index (χ0n) is 10.5. The fourth-order valence-electron chi connectivity index (χ4n) is 1.57. The maximum atomic E-state index is 12.3. The van der Waals surface area contributed by atoms with E-state index in [-0.39, 0.29) is 12.0 Å². The Hall–Kier alpha value is -2.15. The number of alkyl halides is 3. The Kier molecular flexibility index (Phi) is 4.42. The molecule has 0 unspecified atom stereocenters. The van der Waals surface area contributed by atoms with Gasteiger partial charge in [-0.2, -0.15) is 18.2 Å². The summed E-state index contributed by atoms with van der Waals surface area (Å²) in [5, 5.41) is 0.314. The summed E-state index contributed by atoms with van der Waals surface area (Å²) in [6.07, 6.45) is -1.97. The molecule has 110 valence electrons. The van der Waals surface area contributed by atoms with Gasteiger partial charge < -0.3 is 4.57 Å². The van der Waals surface area contributed by atoms with Gasteiger partial charge in [0.15, 0.2) is 0 Å². The Bertz CT molecular complexity index is 708. The molecule has 0 aromatic carbocycles. The number of carbonyl (C=O) groups is 1. The summed E-state index contributed by atoms with van der Waals surface area (Å²) in [6, 6.07) is 7.70. The molecule has 4 nitrogen and oxygen atoms in total. The smallest absolute Gasteiger partial charge is 0.328 e. The molecule has 0 spiro atoms. The normalized spacial score (nSPS) is 12.5. The molecule has 0 aliphatic rings. The molecule has 0 radical (unpaired) electrons. The maximum Gasteiger partial charge on any atom is 0.473 e. The van der Waals surface area contributed by atoms with Crippen LogP contribution in [0, 0.1) is 0 Å². The van der Waals surface area contributed by atoms with E-state index in [2.05, 4.69) is 9.98 Å². The molecule has 0 atom stereocenters. The number of halogens is 4. The summed E-state index contributed by atoms with van der Waals surface area (Å²) in [6.45, 7) is 0.217. The summed E-state index contributed by atoms with van der Waals surface area (Å²) in [5.41, 5.74) is 0.626. The van der Waals surface area contributed by atoms with E-state index in [1.165, 1.54) is 29.1 Å². The lowest BCUT2D eigenvalue weighted by molar-refractivity contribution is -0.169. The van der Waals surface area contributed by atoms with Crippen LogP contribution in [-0.4, -0.2) is 21.6 Å². The lowest BCUT2D eigenvalue weighted by Crippen LogP contribution is -2.27. The van der Waals surface area contributed by atoms with Crippen molar-refractivity contribution in [1.82, 2.24) is 9.55 Å². The summed E-state index contributed by atoms with van der Waals surface area (Å²) in [5.74, 6) is -2.14. The third-order valence-electron chi connectivity index (χ3n) is 2.52. The first kappa shape index (κ1) is 15.2. The molecule has 2 heterocycles. The molecular weight excluding hydrogens is 307 g/mol. The highest BCUT2D eigenvalue weighted by Crippen LogP contribution is 2.15. The van der Waals surface area contributed by atoms with E-state index in [1.807, 2.05) is 0 Å². The Morgan fingerprint density at radius 3 is 2.67 bits per heavy atom. The van der Waals surface area contributed by atoms with Crippen molar-refractivity contribution in [3.8, 4) is 0 Å². The van der Waals surface area contributed by atoms with Gasteiger partial charge in [0.2, 0.25) is 0 Å². The topological polar surface area (TPSA) is 47.2 Å². The molecule has 0 saturated carbocycles. The molecule has 2 rings (SSSR count). The van der Waals surface area contributed by atoms with Crippen molar-refractivity contribution >= 4 is 17.5 Å². The van der Waals surface area contributed by atoms with E-state index in [9.17, 15) is 18.0 Å². The minimum absolute atomic E-state index is 0.0882. The molecule has 2 aromatic rings. The van der Waals surface area contributed by atoms with Crippen LogP contribution in [0.3, 0.4) is 0 Å². The summed E-state index contributed by atoms with van der Waals surface area (Å²) < 4.78 is 38.2. The fraction of sp³-hybridized carbons (Fsp3) is 0.154. The first-order chi connectivity index (χ1) is 9.86.